The lowest BCUT2D eigenvalue weighted by Crippen LogP contribution is -2.51. The van der Waals surface area contributed by atoms with E-state index in [1.807, 2.05) is 18.2 Å². The van der Waals surface area contributed by atoms with Gasteiger partial charge in [0.2, 0.25) is 0 Å². The van der Waals surface area contributed by atoms with Crippen LogP contribution < -0.4 is 5.32 Å². The van der Waals surface area contributed by atoms with Crippen molar-refractivity contribution in [2.75, 3.05) is 6.54 Å². The van der Waals surface area contributed by atoms with Crippen LogP contribution in [0.3, 0.4) is 0 Å². The number of hydrogen-bond donors (Lipinski definition) is 2. The van der Waals surface area contributed by atoms with E-state index in [4.69, 9.17) is 5.11 Å². The molecule has 0 saturated carbocycles. The Bertz CT molecular complexity index is 514. The molecule has 5 nitrogen and oxygen atoms in total. The first kappa shape index (κ1) is 14.4. The highest BCUT2D eigenvalue weighted by molar-refractivity contribution is 5.82. The molecule has 20 heavy (non-hydrogen) atoms. The van der Waals surface area contributed by atoms with Crippen molar-refractivity contribution < 1.29 is 14.7 Å². The zero-order chi connectivity index (χ0) is 14.7. The number of aliphatic carboxylic acids is 1. The van der Waals surface area contributed by atoms with Crippen LogP contribution in [-0.4, -0.2) is 34.6 Å². The first-order valence-corrected chi connectivity index (χ1v) is 6.84. The fourth-order valence-electron chi connectivity index (χ4n) is 2.41. The summed E-state index contributed by atoms with van der Waals surface area (Å²) in [5.74, 6) is -1.14. The van der Waals surface area contributed by atoms with Crippen LogP contribution in [0.5, 0.6) is 0 Å². The molecule has 0 fully saturated rings. The Labute approximate surface area is 118 Å². The van der Waals surface area contributed by atoms with Gasteiger partial charge in [-0.1, -0.05) is 38.1 Å². The van der Waals surface area contributed by atoms with E-state index >= 15 is 0 Å². The third-order valence-corrected chi connectivity index (χ3v) is 3.63. The number of carboxylic acids is 1. The average molecular weight is 276 g/mol. The van der Waals surface area contributed by atoms with Crippen molar-refractivity contribution >= 4 is 12.0 Å². The number of rotatable bonds is 3. The van der Waals surface area contributed by atoms with Crippen molar-refractivity contribution in [1.82, 2.24) is 10.2 Å². The molecule has 1 aliphatic rings. The summed E-state index contributed by atoms with van der Waals surface area (Å²) in [4.78, 5) is 25.0. The molecule has 0 bridgehead atoms. The minimum atomic E-state index is -0.995. The Morgan fingerprint density at radius 2 is 1.90 bits per heavy atom. The minimum absolute atomic E-state index is 0.145. The summed E-state index contributed by atoms with van der Waals surface area (Å²) in [7, 11) is 0. The monoisotopic (exact) mass is 276 g/mol. The Morgan fingerprint density at radius 3 is 2.50 bits per heavy atom. The molecular weight excluding hydrogens is 256 g/mol. The number of nitrogens with zero attached hydrogens (tertiary/aromatic N) is 1. The van der Waals surface area contributed by atoms with E-state index in [2.05, 4.69) is 11.4 Å². The summed E-state index contributed by atoms with van der Waals surface area (Å²) >= 11 is 0. The topological polar surface area (TPSA) is 69.6 Å². The molecule has 1 aliphatic heterocycles. The van der Waals surface area contributed by atoms with Gasteiger partial charge >= 0.3 is 12.0 Å². The Morgan fingerprint density at radius 1 is 1.25 bits per heavy atom. The van der Waals surface area contributed by atoms with Gasteiger partial charge in [0, 0.05) is 13.1 Å². The number of hydrogen-bond acceptors (Lipinski definition) is 2. The maximum atomic E-state index is 12.2. The lowest BCUT2D eigenvalue weighted by Gasteiger charge is -2.30. The molecule has 2 N–H and O–H groups in total. The van der Waals surface area contributed by atoms with Gasteiger partial charge in [-0.2, -0.15) is 0 Å². The van der Waals surface area contributed by atoms with E-state index in [-0.39, 0.29) is 11.9 Å². The number of carboxylic acid groups (broad SMARTS) is 1. The van der Waals surface area contributed by atoms with Crippen molar-refractivity contribution in [1.29, 1.82) is 0 Å². The average Bonchev–Trinajstić information content (AvgIpc) is 2.43. The number of carbonyl (C=O) groups is 2. The van der Waals surface area contributed by atoms with Gasteiger partial charge in [0.05, 0.1) is 0 Å². The lowest BCUT2D eigenvalue weighted by atomic mass is 10.00. The van der Waals surface area contributed by atoms with E-state index in [0.29, 0.717) is 13.1 Å². The first-order valence-electron chi connectivity index (χ1n) is 6.84. The van der Waals surface area contributed by atoms with Crippen molar-refractivity contribution in [3.8, 4) is 0 Å². The molecule has 1 atom stereocenters. The second kappa shape index (κ2) is 5.94. The van der Waals surface area contributed by atoms with Crippen molar-refractivity contribution in [3.05, 3.63) is 35.4 Å². The van der Waals surface area contributed by atoms with Crippen LogP contribution in [-0.2, 0) is 17.8 Å². The molecule has 2 amide bonds. The second-order valence-corrected chi connectivity index (χ2v) is 5.45. The van der Waals surface area contributed by atoms with Crippen LogP contribution in [0.1, 0.15) is 25.0 Å². The van der Waals surface area contributed by atoms with Crippen LogP contribution in [0, 0.1) is 5.92 Å². The van der Waals surface area contributed by atoms with Crippen LogP contribution in [0.4, 0.5) is 4.79 Å². The molecule has 1 heterocycles. The number of urea groups is 1. The Balaban J connectivity index is 2.03. The normalized spacial score (nSPS) is 15.7. The van der Waals surface area contributed by atoms with Gasteiger partial charge in [-0.05, 0) is 23.5 Å². The van der Waals surface area contributed by atoms with Gasteiger partial charge in [-0.3, -0.25) is 0 Å². The summed E-state index contributed by atoms with van der Waals surface area (Å²) in [6.07, 6.45) is 0.809. The van der Waals surface area contributed by atoms with Crippen LogP contribution >= 0.6 is 0 Å². The summed E-state index contributed by atoms with van der Waals surface area (Å²) in [5, 5.41) is 11.7. The van der Waals surface area contributed by atoms with Gasteiger partial charge in [0.25, 0.3) is 0 Å². The van der Waals surface area contributed by atoms with Gasteiger partial charge in [0.15, 0.2) is 0 Å². The summed E-state index contributed by atoms with van der Waals surface area (Å²) in [6, 6.07) is 6.87. The van der Waals surface area contributed by atoms with Crippen LogP contribution in [0.2, 0.25) is 0 Å². The fraction of sp³-hybridized carbons (Fsp3) is 0.467. The standard InChI is InChI=1S/C15H20N2O3/c1-10(2)13(14(18)19)16-15(20)17-8-7-11-5-3-4-6-12(11)9-17/h3-6,10,13H,7-9H2,1-2H3,(H,16,20)(H,18,19). The van der Waals surface area contributed by atoms with E-state index < -0.39 is 12.0 Å². The zero-order valence-corrected chi connectivity index (χ0v) is 11.8. The van der Waals surface area contributed by atoms with E-state index in [1.165, 1.54) is 5.56 Å². The van der Waals surface area contributed by atoms with Gasteiger partial charge in [-0.15, -0.1) is 0 Å². The molecule has 5 heteroatoms. The number of benzene rings is 1. The maximum absolute atomic E-state index is 12.2. The third kappa shape index (κ3) is 3.10. The molecular formula is C15H20N2O3. The predicted octanol–water partition coefficient (Wildman–Crippen LogP) is 1.86. The molecule has 0 spiro atoms. The molecule has 1 aromatic rings. The van der Waals surface area contributed by atoms with Crippen LogP contribution in [0.15, 0.2) is 24.3 Å². The molecule has 1 aromatic carbocycles. The van der Waals surface area contributed by atoms with Gasteiger partial charge < -0.3 is 15.3 Å². The zero-order valence-electron chi connectivity index (χ0n) is 11.8. The summed E-state index contributed by atoms with van der Waals surface area (Å²) < 4.78 is 0. The van der Waals surface area contributed by atoms with Crippen molar-refractivity contribution in [3.63, 3.8) is 0 Å². The van der Waals surface area contributed by atoms with Crippen molar-refractivity contribution in [2.24, 2.45) is 5.92 Å². The number of carbonyl (C=O) groups excluding carboxylic acids is 1. The second-order valence-electron chi connectivity index (χ2n) is 5.45. The summed E-state index contributed by atoms with van der Waals surface area (Å²) in [5.41, 5.74) is 2.39. The van der Waals surface area contributed by atoms with E-state index in [1.54, 1.807) is 18.7 Å². The smallest absolute Gasteiger partial charge is 0.326 e. The minimum Gasteiger partial charge on any atom is -0.480 e. The lowest BCUT2D eigenvalue weighted by molar-refractivity contribution is -0.140. The quantitative estimate of drug-likeness (QED) is 0.885. The number of nitrogens with one attached hydrogen (secondary N) is 1. The molecule has 0 aromatic heterocycles. The highest BCUT2D eigenvalue weighted by atomic mass is 16.4. The molecule has 1 unspecified atom stereocenters. The van der Waals surface area contributed by atoms with E-state index in [0.717, 1.165) is 12.0 Å². The highest BCUT2D eigenvalue weighted by Gasteiger charge is 2.27. The molecule has 0 radical (unpaired) electrons. The Kier molecular flexibility index (Phi) is 4.27. The highest BCUT2D eigenvalue weighted by Crippen LogP contribution is 2.18. The first-order chi connectivity index (χ1) is 9.49. The fourth-order valence-corrected chi connectivity index (χ4v) is 2.41. The summed E-state index contributed by atoms with van der Waals surface area (Å²) in [6.45, 7) is 4.72. The van der Waals surface area contributed by atoms with E-state index in [9.17, 15) is 9.59 Å². The molecule has 0 saturated heterocycles. The van der Waals surface area contributed by atoms with Gasteiger partial charge in [-0.25, -0.2) is 9.59 Å². The van der Waals surface area contributed by atoms with Gasteiger partial charge in [0.1, 0.15) is 6.04 Å². The predicted molar refractivity (Wildman–Crippen MR) is 75.3 cm³/mol. The molecule has 0 aliphatic carbocycles. The number of amides is 2. The largest absolute Gasteiger partial charge is 0.480 e. The number of fused-ring (bicyclic) bond motifs is 1. The van der Waals surface area contributed by atoms with Crippen LogP contribution in [0.25, 0.3) is 0 Å². The third-order valence-electron chi connectivity index (χ3n) is 3.63. The Hall–Kier alpha value is -2.04. The van der Waals surface area contributed by atoms with Crippen molar-refractivity contribution in [2.45, 2.75) is 32.9 Å². The maximum Gasteiger partial charge on any atom is 0.326 e. The SMILES string of the molecule is CC(C)C(NC(=O)N1CCc2ccccc2C1)C(=O)O. The molecule has 2 rings (SSSR count). The molecule has 108 valence electrons.